The Hall–Kier alpha value is -3.76. The van der Waals surface area contributed by atoms with Gasteiger partial charge in [0.05, 0.1) is 20.8 Å². The number of sulfonamides is 1. The Morgan fingerprint density at radius 2 is 1.32 bits per heavy atom. The Morgan fingerprint density at radius 3 is 2.00 bits per heavy atom. The number of fused-ring (bicyclic) bond motifs is 2. The lowest BCUT2D eigenvalue weighted by atomic mass is 10.1. The fourth-order valence-electron chi connectivity index (χ4n) is 4.92. The molecule has 10 heteroatoms. The third-order valence-electron chi connectivity index (χ3n) is 7.13. The van der Waals surface area contributed by atoms with E-state index in [1.165, 1.54) is 24.3 Å². The zero-order chi connectivity index (χ0) is 29.0. The quantitative estimate of drug-likeness (QED) is 0.159. The zero-order valence-electron chi connectivity index (χ0n) is 23.2. The molecule has 0 bridgehead atoms. The average Bonchev–Trinajstić information content (AvgIpc) is 3.26. The van der Waals surface area contributed by atoms with Crippen LogP contribution in [0, 0.1) is 6.92 Å². The number of nitrogens with one attached hydrogen (secondary N) is 1. The predicted octanol–water partition coefficient (Wildman–Crippen LogP) is 6.89. The Morgan fingerprint density at radius 1 is 0.707 bits per heavy atom. The lowest BCUT2D eigenvalue weighted by Crippen LogP contribution is -2.18. The molecule has 0 saturated heterocycles. The lowest BCUT2D eigenvalue weighted by molar-refractivity contribution is 0.564. The normalized spacial score (nSPS) is 12.2. The predicted molar refractivity (Wildman–Crippen MR) is 162 cm³/mol. The van der Waals surface area contributed by atoms with Gasteiger partial charge in [0, 0.05) is 6.54 Å². The largest absolute Gasteiger partial charge is 0.309 e. The number of benzene rings is 3. The van der Waals surface area contributed by atoms with Crippen LogP contribution in [-0.4, -0.2) is 31.4 Å². The molecule has 0 aliphatic carbocycles. The monoisotopic (exact) mass is 590 g/mol. The van der Waals surface area contributed by atoms with Crippen molar-refractivity contribution in [2.24, 2.45) is 0 Å². The van der Waals surface area contributed by atoms with Gasteiger partial charge in [-0.25, -0.2) is 26.8 Å². The summed E-state index contributed by atoms with van der Waals surface area (Å²) in [5.74, 6) is -0.0479. The maximum absolute atomic E-state index is 14.3. The molecule has 0 radical (unpaired) electrons. The molecule has 0 unspecified atom stereocenters. The van der Waals surface area contributed by atoms with Crippen LogP contribution in [0.15, 0.2) is 93.5 Å². The van der Waals surface area contributed by atoms with Crippen molar-refractivity contribution in [1.82, 2.24) is 14.5 Å². The molecule has 0 amide bonds. The van der Waals surface area contributed by atoms with E-state index in [0.717, 1.165) is 44.1 Å². The zero-order valence-corrected chi connectivity index (χ0v) is 24.9. The summed E-state index contributed by atoms with van der Waals surface area (Å²) in [5, 5.41) is 0. The van der Waals surface area contributed by atoms with Crippen LogP contribution in [0.4, 0.5) is 5.82 Å². The number of aryl methyl sites for hydroxylation is 2. The molecule has 41 heavy (non-hydrogen) atoms. The van der Waals surface area contributed by atoms with E-state index in [1.807, 2.05) is 25.1 Å². The molecule has 0 aliphatic heterocycles. The average molecular weight is 591 g/mol. The number of hydrogen-bond acceptors (Lipinski definition) is 6. The molecule has 0 atom stereocenters. The summed E-state index contributed by atoms with van der Waals surface area (Å²) in [6.45, 7) is 4.42. The van der Waals surface area contributed by atoms with Gasteiger partial charge in [0.15, 0.2) is 5.65 Å². The molecule has 2 aromatic heterocycles. The summed E-state index contributed by atoms with van der Waals surface area (Å²) in [5.41, 5.74) is 2.49. The molecule has 214 valence electrons. The van der Waals surface area contributed by atoms with Gasteiger partial charge in [-0.2, -0.15) is 0 Å². The summed E-state index contributed by atoms with van der Waals surface area (Å²) >= 11 is 0. The fourth-order valence-corrected chi connectivity index (χ4v) is 7.62. The van der Waals surface area contributed by atoms with E-state index in [2.05, 4.69) is 11.6 Å². The van der Waals surface area contributed by atoms with Gasteiger partial charge in [0.1, 0.15) is 16.2 Å². The van der Waals surface area contributed by atoms with Crippen LogP contribution >= 0.6 is 0 Å². The third kappa shape index (κ3) is 5.99. The van der Waals surface area contributed by atoms with Gasteiger partial charge in [-0.05, 0) is 49.7 Å². The number of aromatic nitrogens is 3. The molecular formula is C31H34N4O4S2. The van der Waals surface area contributed by atoms with Crippen LogP contribution in [0.5, 0.6) is 0 Å². The number of sulfone groups is 1. The second-order valence-corrected chi connectivity index (χ2v) is 13.8. The maximum Gasteiger partial charge on any atom is 0.263 e. The van der Waals surface area contributed by atoms with Crippen LogP contribution in [0.25, 0.3) is 22.2 Å². The molecule has 0 saturated carbocycles. The molecule has 3 aromatic carbocycles. The van der Waals surface area contributed by atoms with E-state index in [0.29, 0.717) is 23.2 Å². The summed E-state index contributed by atoms with van der Waals surface area (Å²) in [7, 11) is -8.34. The SMILES string of the molecule is CCCCCCCCn1c(NS(=O)(=O)c2ccccc2)c(S(=O)(=O)c2ccc(C)cc2)c2nc3ccccc3nc21. The first kappa shape index (κ1) is 28.8. The van der Waals surface area contributed by atoms with Gasteiger partial charge in [-0.15, -0.1) is 0 Å². The van der Waals surface area contributed by atoms with Gasteiger partial charge < -0.3 is 4.57 Å². The molecule has 5 rings (SSSR count). The van der Waals surface area contributed by atoms with Crippen LogP contribution in [0.1, 0.15) is 51.0 Å². The molecule has 5 aromatic rings. The summed E-state index contributed by atoms with van der Waals surface area (Å²) < 4.78 is 60.1. The highest BCUT2D eigenvalue weighted by molar-refractivity contribution is 7.93. The van der Waals surface area contributed by atoms with E-state index >= 15 is 0 Å². The molecule has 2 heterocycles. The standard InChI is InChI=1S/C31H34N4O4S2/c1-3-4-5-6-7-13-22-35-30-28(32-26-16-11-12-17-27(26)33-30)29(40(36,37)24-20-18-23(2)19-21-24)31(35)34-41(38,39)25-14-9-8-10-15-25/h8-12,14-21,34H,3-7,13,22H2,1-2H3. The number of rotatable bonds is 12. The van der Waals surface area contributed by atoms with Gasteiger partial charge >= 0.3 is 0 Å². The molecule has 1 N–H and O–H groups in total. The fraction of sp³-hybridized carbons (Fsp3) is 0.290. The minimum absolute atomic E-state index is 0.0288. The second kappa shape index (κ2) is 12.0. The number of nitrogens with zero attached hydrogens (tertiary/aromatic N) is 3. The number of para-hydroxylation sites is 2. The molecule has 0 spiro atoms. The molecule has 8 nitrogen and oxygen atoms in total. The first-order chi connectivity index (χ1) is 19.7. The van der Waals surface area contributed by atoms with Crippen molar-refractivity contribution in [2.45, 2.75) is 73.6 Å². The van der Waals surface area contributed by atoms with Crippen molar-refractivity contribution in [3.8, 4) is 0 Å². The van der Waals surface area contributed by atoms with Gasteiger partial charge in [0.2, 0.25) is 9.84 Å². The van der Waals surface area contributed by atoms with Crippen molar-refractivity contribution in [2.75, 3.05) is 4.72 Å². The lowest BCUT2D eigenvalue weighted by Gasteiger charge is -2.15. The summed E-state index contributed by atoms with van der Waals surface area (Å²) in [4.78, 5) is 9.44. The number of anilines is 1. The summed E-state index contributed by atoms with van der Waals surface area (Å²) in [6.07, 6.45) is 6.11. The van der Waals surface area contributed by atoms with Crippen molar-refractivity contribution in [1.29, 1.82) is 0 Å². The Balaban J connectivity index is 1.74. The molecule has 0 aliphatic rings. The van der Waals surface area contributed by atoms with Crippen LogP contribution in [0.3, 0.4) is 0 Å². The molecular weight excluding hydrogens is 556 g/mol. The van der Waals surface area contributed by atoms with Gasteiger partial charge in [0.25, 0.3) is 10.0 Å². The molecule has 0 fully saturated rings. The minimum atomic E-state index is -4.21. The Labute approximate surface area is 241 Å². The second-order valence-electron chi connectivity index (χ2n) is 10.2. The Bertz CT molecular complexity index is 1880. The minimum Gasteiger partial charge on any atom is -0.309 e. The first-order valence-corrected chi connectivity index (χ1v) is 16.9. The Kier molecular flexibility index (Phi) is 8.42. The highest BCUT2D eigenvalue weighted by Crippen LogP contribution is 2.38. The topological polar surface area (TPSA) is 111 Å². The van der Waals surface area contributed by atoms with Crippen molar-refractivity contribution >= 4 is 47.9 Å². The van der Waals surface area contributed by atoms with Crippen LogP contribution in [-0.2, 0) is 26.4 Å². The summed E-state index contributed by atoms with van der Waals surface area (Å²) in [6, 6.07) is 21.7. The van der Waals surface area contributed by atoms with E-state index < -0.39 is 19.9 Å². The van der Waals surface area contributed by atoms with Crippen LogP contribution < -0.4 is 4.72 Å². The van der Waals surface area contributed by atoms with Gasteiger partial charge in [-0.3, -0.25) is 4.72 Å². The maximum atomic E-state index is 14.3. The van der Waals surface area contributed by atoms with Crippen LogP contribution in [0.2, 0.25) is 0 Å². The third-order valence-corrected chi connectivity index (χ3v) is 10.3. The van der Waals surface area contributed by atoms with E-state index in [-0.39, 0.29) is 26.0 Å². The van der Waals surface area contributed by atoms with Gasteiger partial charge in [-0.1, -0.05) is 87.1 Å². The van der Waals surface area contributed by atoms with E-state index in [1.54, 1.807) is 41.0 Å². The number of hydrogen-bond donors (Lipinski definition) is 1. The number of unbranched alkanes of at least 4 members (excludes halogenated alkanes) is 5. The first-order valence-electron chi connectivity index (χ1n) is 13.9. The van der Waals surface area contributed by atoms with Crippen molar-refractivity contribution < 1.29 is 16.8 Å². The highest BCUT2D eigenvalue weighted by atomic mass is 32.2. The highest BCUT2D eigenvalue weighted by Gasteiger charge is 2.33. The van der Waals surface area contributed by atoms with E-state index in [4.69, 9.17) is 9.97 Å². The smallest absolute Gasteiger partial charge is 0.263 e. The van der Waals surface area contributed by atoms with Crippen molar-refractivity contribution in [3.63, 3.8) is 0 Å². The van der Waals surface area contributed by atoms with E-state index in [9.17, 15) is 16.8 Å². The van der Waals surface area contributed by atoms with Crippen molar-refractivity contribution in [3.05, 3.63) is 84.4 Å².